The summed E-state index contributed by atoms with van der Waals surface area (Å²) >= 11 is 0. The average Bonchev–Trinajstić information content (AvgIpc) is 2.47. The lowest BCUT2D eigenvalue weighted by Crippen LogP contribution is -2.41. The van der Waals surface area contributed by atoms with Crippen molar-refractivity contribution in [3.63, 3.8) is 0 Å². The Labute approximate surface area is 123 Å². The molecule has 0 aromatic heterocycles. The third-order valence-corrected chi connectivity index (χ3v) is 5.45. The summed E-state index contributed by atoms with van der Waals surface area (Å²) in [7, 11) is -3.46. The van der Waals surface area contributed by atoms with Gasteiger partial charge >= 0.3 is 0 Å². The molecule has 0 aliphatic carbocycles. The Morgan fingerprint density at radius 3 is 2.57 bits per heavy atom. The van der Waals surface area contributed by atoms with Crippen LogP contribution in [0, 0.1) is 16.0 Å². The van der Waals surface area contributed by atoms with Gasteiger partial charge in [0.25, 0.3) is 5.69 Å². The fraction of sp³-hybridized carbons (Fsp3) is 0.538. The topological polar surface area (TPSA) is 101 Å². The highest BCUT2D eigenvalue weighted by Crippen LogP contribution is 2.22. The highest BCUT2D eigenvalue weighted by Gasteiger charge is 2.28. The van der Waals surface area contributed by atoms with Crippen molar-refractivity contribution in [1.29, 1.82) is 0 Å². The van der Waals surface area contributed by atoms with Gasteiger partial charge in [-0.3, -0.25) is 10.1 Å². The van der Waals surface area contributed by atoms with E-state index in [0.29, 0.717) is 18.7 Å². The van der Waals surface area contributed by atoms with Crippen molar-refractivity contribution in [3.05, 3.63) is 39.9 Å². The monoisotopic (exact) mass is 314 g/mol. The second-order valence-electron chi connectivity index (χ2n) is 5.23. The molecular weight excluding hydrogens is 296 g/mol. The Morgan fingerprint density at radius 1 is 1.33 bits per heavy atom. The van der Waals surface area contributed by atoms with E-state index >= 15 is 0 Å². The van der Waals surface area contributed by atoms with E-state index in [1.165, 1.54) is 28.6 Å². The Kier molecular flexibility index (Phi) is 4.92. The normalized spacial score (nSPS) is 20.3. The predicted octanol–water partition coefficient (Wildman–Crippen LogP) is 1.13. The lowest BCUT2D eigenvalue weighted by atomic mass is 10.0. The fourth-order valence-corrected chi connectivity index (χ4v) is 4.09. The van der Waals surface area contributed by atoms with Gasteiger partial charge in [-0.2, -0.15) is 0 Å². The van der Waals surface area contributed by atoms with Crippen molar-refractivity contribution in [1.82, 2.24) is 4.31 Å². The zero-order valence-electron chi connectivity index (χ0n) is 11.5. The summed E-state index contributed by atoms with van der Waals surface area (Å²) in [5.41, 5.74) is 0.459. The van der Waals surface area contributed by atoms with E-state index < -0.39 is 14.9 Å². The van der Waals surface area contributed by atoms with Crippen LogP contribution in [0.25, 0.3) is 0 Å². The number of nitrogens with zero attached hydrogens (tertiary/aromatic N) is 2. The summed E-state index contributed by atoms with van der Waals surface area (Å²) in [6.45, 7) is 0.793. The van der Waals surface area contributed by atoms with Gasteiger partial charge < -0.3 is 5.11 Å². The van der Waals surface area contributed by atoms with Gasteiger partial charge in [-0.05, 0) is 24.3 Å². The van der Waals surface area contributed by atoms with Crippen LogP contribution in [0.2, 0.25) is 0 Å². The molecule has 1 heterocycles. The Hall–Kier alpha value is -1.51. The molecule has 1 aliphatic heterocycles. The third kappa shape index (κ3) is 3.99. The number of nitro benzene ring substituents is 1. The molecule has 0 spiro atoms. The molecule has 1 aromatic rings. The minimum Gasteiger partial charge on any atom is -0.396 e. The fourth-order valence-electron chi connectivity index (χ4n) is 2.44. The van der Waals surface area contributed by atoms with Crippen molar-refractivity contribution >= 4 is 15.7 Å². The molecule has 0 radical (unpaired) electrons. The van der Waals surface area contributed by atoms with Crippen LogP contribution in [0.4, 0.5) is 5.69 Å². The molecule has 1 N–H and O–H groups in total. The Morgan fingerprint density at radius 2 is 2.00 bits per heavy atom. The van der Waals surface area contributed by atoms with Crippen molar-refractivity contribution in [2.24, 2.45) is 5.92 Å². The number of nitro groups is 1. The molecule has 1 unspecified atom stereocenters. The van der Waals surface area contributed by atoms with E-state index in [4.69, 9.17) is 5.11 Å². The maximum Gasteiger partial charge on any atom is 0.269 e. The quantitative estimate of drug-likeness (QED) is 0.648. The third-order valence-electron chi connectivity index (χ3n) is 3.63. The van der Waals surface area contributed by atoms with Gasteiger partial charge in [0.2, 0.25) is 10.0 Å². The highest BCUT2D eigenvalue weighted by molar-refractivity contribution is 7.88. The summed E-state index contributed by atoms with van der Waals surface area (Å²) < 4.78 is 26.1. The lowest BCUT2D eigenvalue weighted by Gasteiger charge is -2.30. The number of hydrogen-bond acceptors (Lipinski definition) is 5. The number of benzene rings is 1. The second-order valence-corrected chi connectivity index (χ2v) is 7.20. The van der Waals surface area contributed by atoms with Crippen LogP contribution in [0.5, 0.6) is 0 Å². The maximum absolute atomic E-state index is 12.3. The number of aliphatic hydroxyl groups is 1. The van der Waals surface area contributed by atoms with E-state index in [9.17, 15) is 18.5 Å². The first-order valence-electron chi connectivity index (χ1n) is 6.74. The van der Waals surface area contributed by atoms with Gasteiger partial charge in [0.15, 0.2) is 0 Å². The van der Waals surface area contributed by atoms with Gasteiger partial charge in [0.05, 0.1) is 10.7 Å². The van der Waals surface area contributed by atoms with Gasteiger partial charge in [0, 0.05) is 31.8 Å². The van der Waals surface area contributed by atoms with E-state index in [1.807, 2.05) is 0 Å². The van der Waals surface area contributed by atoms with E-state index in [-0.39, 0.29) is 24.0 Å². The van der Waals surface area contributed by atoms with Crippen molar-refractivity contribution in [2.45, 2.75) is 18.6 Å². The first-order valence-corrected chi connectivity index (χ1v) is 8.35. The van der Waals surface area contributed by atoms with Crippen LogP contribution < -0.4 is 0 Å². The van der Waals surface area contributed by atoms with E-state index in [0.717, 1.165) is 12.8 Å². The van der Waals surface area contributed by atoms with Crippen molar-refractivity contribution in [3.8, 4) is 0 Å². The smallest absolute Gasteiger partial charge is 0.269 e. The number of rotatable bonds is 5. The Balaban J connectivity index is 2.08. The highest BCUT2D eigenvalue weighted by atomic mass is 32.2. The van der Waals surface area contributed by atoms with Gasteiger partial charge in [-0.15, -0.1) is 0 Å². The minimum atomic E-state index is -3.46. The molecule has 7 nitrogen and oxygen atoms in total. The van der Waals surface area contributed by atoms with Crippen LogP contribution >= 0.6 is 0 Å². The molecule has 1 fully saturated rings. The molecule has 1 saturated heterocycles. The van der Waals surface area contributed by atoms with Crippen LogP contribution in [0.1, 0.15) is 18.4 Å². The second kappa shape index (κ2) is 6.50. The predicted molar refractivity (Wildman–Crippen MR) is 77.1 cm³/mol. The average molecular weight is 314 g/mol. The van der Waals surface area contributed by atoms with E-state index in [1.54, 1.807) is 0 Å². The summed E-state index contributed by atoms with van der Waals surface area (Å²) in [5.74, 6) is -0.186. The zero-order chi connectivity index (χ0) is 15.5. The molecule has 8 heteroatoms. The molecule has 0 saturated carbocycles. The summed E-state index contributed by atoms with van der Waals surface area (Å²) in [4.78, 5) is 10.1. The summed E-state index contributed by atoms with van der Waals surface area (Å²) in [6, 6.07) is 5.53. The van der Waals surface area contributed by atoms with Crippen LogP contribution in [0.15, 0.2) is 24.3 Å². The maximum atomic E-state index is 12.3. The zero-order valence-corrected chi connectivity index (χ0v) is 12.3. The number of aliphatic hydroxyl groups excluding tert-OH is 1. The Bertz CT molecular complexity index is 599. The van der Waals surface area contributed by atoms with Crippen molar-refractivity contribution in [2.75, 3.05) is 19.7 Å². The van der Waals surface area contributed by atoms with E-state index in [2.05, 4.69) is 0 Å². The first-order chi connectivity index (χ1) is 9.92. The number of hydrogen-bond donors (Lipinski definition) is 1. The molecule has 21 heavy (non-hydrogen) atoms. The first kappa shape index (κ1) is 15.9. The number of non-ortho nitro benzene ring substituents is 1. The number of piperidine rings is 1. The molecule has 1 atom stereocenters. The molecule has 116 valence electrons. The van der Waals surface area contributed by atoms with Crippen molar-refractivity contribution < 1.29 is 18.4 Å². The largest absolute Gasteiger partial charge is 0.396 e. The summed E-state index contributed by atoms with van der Waals surface area (Å²) in [5, 5.41) is 19.7. The van der Waals surface area contributed by atoms with Gasteiger partial charge in [-0.1, -0.05) is 12.1 Å². The van der Waals surface area contributed by atoms with Gasteiger partial charge in [-0.25, -0.2) is 12.7 Å². The minimum absolute atomic E-state index is 0.00890. The van der Waals surface area contributed by atoms with Gasteiger partial charge in [0.1, 0.15) is 0 Å². The molecule has 0 bridgehead atoms. The summed E-state index contributed by atoms with van der Waals surface area (Å²) in [6.07, 6.45) is 1.57. The number of sulfonamides is 1. The molecule has 1 aromatic carbocycles. The van der Waals surface area contributed by atoms with Crippen LogP contribution in [-0.2, 0) is 15.8 Å². The standard InChI is InChI=1S/C13H18N2O5S/c16-9-12-2-1-7-14(8-12)21(19,20)10-11-3-5-13(6-4-11)15(17)18/h3-6,12,16H,1-2,7-10H2. The molecular formula is C13H18N2O5S. The molecule has 2 rings (SSSR count). The molecule has 0 amide bonds. The van der Waals surface area contributed by atoms with Crippen LogP contribution in [0.3, 0.4) is 0 Å². The SMILES string of the molecule is O=[N+]([O-])c1ccc(CS(=O)(=O)N2CCCC(CO)C2)cc1. The lowest BCUT2D eigenvalue weighted by molar-refractivity contribution is -0.384. The molecule has 1 aliphatic rings. The van der Waals surface area contributed by atoms with Crippen LogP contribution in [-0.4, -0.2) is 42.4 Å².